The Bertz CT molecular complexity index is 1210. The van der Waals surface area contributed by atoms with Crippen LogP contribution in [0.3, 0.4) is 0 Å². The zero-order valence-corrected chi connectivity index (χ0v) is 19.3. The average molecular weight is 451 g/mol. The van der Waals surface area contributed by atoms with Gasteiger partial charge in [-0.05, 0) is 30.5 Å². The first kappa shape index (κ1) is 22.4. The maximum atomic E-state index is 13.5. The van der Waals surface area contributed by atoms with E-state index in [9.17, 15) is 14.4 Å². The molecule has 1 unspecified atom stereocenters. The van der Waals surface area contributed by atoms with E-state index in [0.29, 0.717) is 18.3 Å². The number of nitrogens with zero attached hydrogens (tertiary/aromatic N) is 6. The van der Waals surface area contributed by atoms with Crippen LogP contribution in [0.15, 0.2) is 35.3 Å². The monoisotopic (exact) mass is 450 g/mol. The van der Waals surface area contributed by atoms with E-state index in [2.05, 4.69) is 0 Å². The van der Waals surface area contributed by atoms with Crippen LogP contribution >= 0.6 is 0 Å². The summed E-state index contributed by atoms with van der Waals surface area (Å²) in [7, 11) is 1.55. The molecule has 0 bridgehead atoms. The minimum absolute atomic E-state index is 0.310. The highest BCUT2D eigenvalue weighted by Crippen LogP contribution is 2.23. The van der Waals surface area contributed by atoms with E-state index in [-0.39, 0.29) is 0 Å². The standard InChI is InChI=1S/C23H27N7O3/c1-5-16-11-17(6-2)30(26-16)22-25-20-19(28(22)12-15-10-8-7-9-14(15)3)21(32)29(13-18(24)31)23(33)27(20)4/h7-11,19H,5-6,12-13H2,1-4H3,(H-,24,31)/p+1. The Kier molecular flexibility index (Phi) is 5.84. The molecule has 1 atom stereocenters. The van der Waals surface area contributed by atoms with Gasteiger partial charge in [-0.1, -0.05) is 43.1 Å². The second-order valence-electron chi connectivity index (χ2n) is 8.21. The zero-order valence-electron chi connectivity index (χ0n) is 19.3. The molecule has 1 aromatic carbocycles. The number of likely N-dealkylation sites (N-methyl/N-ethyl adjacent to an activating group) is 1. The third kappa shape index (κ3) is 3.81. The highest BCUT2D eigenvalue weighted by molar-refractivity contribution is 6.23. The number of amidine groups is 1. The molecule has 4 rings (SSSR count). The van der Waals surface area contributed by atoms with Gasteiger partial charge >= 0.3 is 12.0 Å². The van der Waals surface area contributed by atoms with E-state index < -0.39 is 30.4 Å². The van der Waals surface area contributed by atoms with Crippen LogP contribution in [0.2, 0.25) is 0 Å². The Morgan fingerprint density at radius 1 is 1.18 bits per heavy atom. The summed E-state index contributed by atoms with van der Waals surface area (Å²) < 4.78 is 3.61. The van der Waals surface area contributed by atoms with Gasteiger partial charge in [0.05, 0.1) is 12.2 Å². The predicted octanol–water partition coefficient (Wildman–Crippen LogP) is 0.893. The maximum absolute atomic E-state index is 13.5. The van der Waals surface area contributed by atoms with Crippen molar-refractivity contribution in [1.82, 2.24) is 19.6 Å². The number of hydrogen-bond donors (Lipinski definition) is 1. The van der Waals surface area contributed by atoms with Gasteiger partial charge in [-0.2, -0.15) is 0 Å². The molecule has 0 radical (unpaired) electrons. The molecule has 2 aliphatic heterocycles. The van der Waals surface area contributed by atoms with Gasteiger partial charge in [0.2, 0.25) is 17.8 Å². The van der Waals surface area contributed by atoms with Crippen LogP contribution in [0.25, 0.3) is 0 Å². The third-order valence-corrected chi connectivity index (χ3v) is 6.05. The quantitative estimate of drug-likeness (QED) is 0.658. The second-order valence-corrected chi connectivity index (χ2v) is 8.21. The van der Waals surface area contributed by atoms with E-state index in [1.807, 2.05) is 55.7 Å². The number of rotatable bonds is 6. The number of nitrogens with two attached hydrogens (primary N) is 1. The highest BCUT2D eigenvalue weighted by atomic mass is 16.2. The van der Waals surface area contributed by atoms with Crippen molar-refractivity contribution < 1.29 is 19.0 Å². The fraction of sp³-hybridized carbons (Fsp3) is 0.391. The van der Waals surface area contributed by atoms with E-state index >= 15 is 0 Å². The molecule has 0 saturated carbocycles. The molecule has 3 heterocycles. The van der Waals surface area contributed by atoms with Crippen molar-refractivity contribution in [2.75, 3.05) is 13.6 Å². The number of urea groups is 1. The van der Waals surface area contributed by atoms with Gasteiger partial charge in [0.1, 0.15) is 12.2 Å². The molecule has 0 spiro atoms. The molecule has 2 aliphatic rings. The minimum atomic E-state index is -0.874. The van der Waals surface area contributed by atoms with Crippen molar-refractivity contribution in [3.63, 3.8) is 0 Å². The fourth-order valence-corrected chi connectivity index (χ4v) is 4.18. The van der Waals surface area contributed by atoms with Crippen LogP contribution in [0, 0.1) is 6.92 Å². The van der Waals surface area contributed by atoms with Crippen molar-refractivity contribution in [2.24, 2.45) is 10.7 Å². The fourth-order valence-electron chi connectivity index (χ4n) is 4.18. The first-order valence-electron chi connectivity index (χ1n) is 11.0. The molecule has 10 heteroatoms. The van der Waals surface area contributed by atoms with Crippen LogP contribution in [0.4, 0.5) is 4.79 Å². The van der Waals surface area contributed by atoms with Gasteiger partial charge in [-0.3, -0.25) is 19.4 Å². The summed E-state index contributed by atoms with van der Waals surface area (Å²) in [5, 5.41) is 4.72. The van der Waals surface area contributed by atoms with Gasteiger partial charge < -0.3 is 5.73 Å². The highest BCUT2D eigenvalue weighted by Gasteiger charge is 2.53. The lowest BCUT2D eigenvalue weighted by molar-refractivity contribution is -0.553. The molecular weight excluding hydrogens is 422 g/mol. The molecule has 1 fully saturated rings. The smallest absolute Gasteiger partial charge is 0.368 e. The summed E-state index contributed by atoms with van der Waals surface area (Å²) in [6.07, 6.45) is 1.48. The van der Waals surface area contributed by atoms with Crippen LogP contribution in [0.1, 0.15) is 36.4 Å². The number of primary amides is 1. The number of aromatic nitrogens is 2. The number of hydrogen-bond acceptors (Lipinski definition) is 5. The second kappa shape index (κ2) is 8.61. The molecule has 4 amide bonds. The largest absolute Gasteiger partial charge is 0.421 e. The summed E-state index contributed by atoms with van der Waals surface area (Å²) >= 11 is 0. The Morgan fingerprint density at radius 2 is 1.91 bits per heavy atom. The lowest BCUT2D eigenvalue weighted by Crippen LogP contribution is -2.63. The number of fused-ring (bicyclic) bond motifs is 1. The summed E-state index contributed by atoms with van der Waals surface area (Å²) in [6, 6.07) is 8.42. The molecule has 10 nitrogen and oxygen atoms in total. The molecule has 1 saturated heterocycles. The normalized spacial score (nSPS) is 18.2. The van der Waals surface area contributed by atoms with E-state index in [4.69, 9.17) is 15.8 Å². The van der Waals surface area contributed by atoms with Crippen molar-refractivity contribution >= 4 is 29.6 Å². The number of carbonyl (C=O) groups excluding carboxylic acids is 3. The molecule has 0 aliphatic carbocycles. The topological polar surface area (TPSA) is 117 Å². The maximum Gasteiger partial charge on any atom is 0.421 e. The number of carbonyl (C=O) groups is 3. The Labute approximate surface area is 192 Å². The van der Waals surface area contributed by atoms with Crippen LogP contribution in [-0.2, 0) is 29.0 Å². The SMILES string of the molecule is CCc1cc(CC)n(C2=[N+](Cc3ccccc3C)C3C(=O)N(CC(N)=O)C(=O)N(C)C3=N2)n1. The van der Waals surface area contributed by atoms with Gasteiger partial charge in [0.15, 0.2) is 0 Å². The summed E-state index contributed by atoms with van der Waals surface area (Å²) in [5.74, 6) is -0.500. The van der Waals surface area contributed by atoms with E-state index in [1.165, 1.54) is 4.90 Å². The van der Waals surface area contributed by atoms with Crippen LogP contribution in [-0.4, -0.2) is 73.4 Å². The van der Waals surface area contributed by atoms with Crippen molar-refractivity contribution in [3.8, 4) is 0 Å². The van der Waals surface area contributed by atoms with Crippen LogP contribution < -0.4 is 5.73 Å². The summed E-state index contributed by atoms with van der Waals surface area (Å²) in [5.41, 5.74) is 9.27. The lowest BCUT2D eigenvalue weighted by Gasteiger charge is -2.33. The number of aryl methyl sites for hydroxylation is 3. The van der Waals surface area contributed by atoms with Gasteiger partial charge in [-0.25, -0.2) is 9.37 Å². The molecule has 172 valence electrons. The van der Waals surface area contributed by atoms with Crippen molar-refractivity contribution in [3.05, 3.63) is 52.8 Å². The zero-order chi connectivity index (χ0) is 23.9. The average Bonchev–Trinajstić information content (AvgIpc) is 3.38. The summed E-state index contributed by atoms with van der Waals surface area (Å²) in [4.78, 5) is 44.8. The molecule has 2 N–H and O–H groups in total. The molecular formula is C23H28N7O3+. The van der Waals surface area contributed by atoms with E-state index in [0.717, 1.165) is 40.3 Å². The van der Waals surface area contributed by atoms with Gasteiger partial charge in [0, 0.05) is 13.5 Å². The minimum Gasteiger partial charge on any atom is -0.368 e. The molecule has 2 aromatic rings. The van der Waals surface area contributed by atoms with E-state index in [1.54, 1.807) is 11.7 Å². The molecule has 33 heavy (non-hydrogen) atoms. The van der Waals surface area contributed by atoms with Gasteiger partial charge in [-0.15, -0.1) is 9.78 Å². The number of benzene rings is 1. The first-order chi connectivity index (χ1) is 15.8. The first-order valence-corrected chi connectivity index (χ1v) is 11.0. The Morgan fingerprint density at radius 3 is 2.55 bits per heavy atom. The summed E-state index contributed by atoms with van der Waals surface area (Å²) in [6.45, 7) is 5.96. The van der Waals surface area contributed by atoms with Gasteiger partial charge in [0.25, 0.3) is 5.91 Å². The lowest BCUT2D eigenvalue weighted by atomic mass is 10.1. The third-order valence-electron chi connectivity index (χ3n) is 6.05. The Hall–Kier alpha value is -3.82. The van der Waals surface area contributed by atoms with Crippen LogP contribution in [0.5, 0.6) is 0 Å². The van der Waals surface area contributed by atoms with Crippen molar-refractivity contribution in [2.45, 2.75) is 46.2 Å². The predicted molar refractivity (Wildman–Crippen MR) is 122 cm³/mol. The number of aliphatic imine (C=N–C) groups is 1. The number of imide groups is 1. The number of amides is 4. The Balaban J connectivity index is 1.90. The van der Waals surface area contributed by atoms with Crippen molar-refractivity contribution in [1.29, 1.82) is 0 Å². The molecule has 1 aromatic heterocycles.